The molecular weight excluding hydrogens is 178 g/mol. The first-order chi connectivity index (χ1) is 6.59. The molecule has 72 valence electrons. The van der Waals surface area contributed by atoms with Crippen molar-refractivity contribution in [2.45, 2.75) is 13.8 Å². The fourth-order valence-electron chi connectivity index (χ4n) is 1.43. The highest BCUT2D eigenvalue weighted by molar-refractivity contribution is 6.02. The Morgan fingerprint density at radius 3 is 3.00 bits per heavy atom. The lowest BCUT2D eigenvalue weighted by Gasteiger charge is -2.22. The van der Waals surface area contributed by atoms with Crippen molar-refractivity contribution >= 4 is 5.78 Å². The van der Waals surface area contributed by atoms with Crippen molar-refractivity contribution in [3.05, 3.63) is 35.9 Å². The Morgan fingerprint density at radius 1 is 1.57 bits per heavy atom. The smallest absolute Gasteiger partial charge is 0.177 e. The number of allylic oxidation sites excluding steroid dienone is 1. The molecule has 0 spiro atoms. The molecule has 0 bridgehead atoms. The second-order valence-electron chi connectivity index (χ2n) is 3.48. The van der Waals surface area contributed by atoms with E-state index in [9.17, 15) is 4.79 Å². The summed E-state index contributed by atoms with van der Waals surface area (Å²) in [7, 11) is 0. The summed E-state index contributed by atoms with van der Waals surface area (Å²) < 4.78 is 5.39. The highest BCUT2D eigenvalue weighted by Crippen LogP contribution is 2.31. The zero-order valence-corrected chi connectivity index (χ0v) is 8.20. The molecule has 0 amide bonds. The van der Waals surface area contributed by atoms with Gasteiger partial charge in [0.25, 0.3) is 0 Å². The monoisotopic (exact) mass is 189 g/mol. The first-order valence-electron chi connectivity index (χ1n) is 4.47. The van der Waals surface area contributed by atoms with E-state index in [1.807, 2.05) is 6.92 Å². The fraction of sp³-hybridized carbons (Fsp3) is 0.273. The fourth-order valence-corrected chi connectivity index (χ4v) is 1.43. The molecule has 1 unspecified atom stereocenters. The van der Waals surface area contributed by atoms with E-state index in [2.05, 4.69) is 11.6 Å². The van der Waals surface area contributed by atoms with Gasteiger partial charge in [-0.2, -0.15) is 0 Å². The van der Waals surface area contributed by atoms with Gasteiger partial charge in [0.15, 0.2) is 11.5 Å². The number of rotatable bonds is 0. The first-order valence-corrected chi connectivity index (χ1v) is 4.47. The Labute approximate surface area is 82.4 Å². The number of hydrogen-bond donors (Lipinski definition) is 0. The van der Waals surface area contributed by atoms with Crippen LogP contribution in [-0.2, 0) is 0 Å². The van der Waals surface area contributed by atoms with Crippen LogP contribution in [0, 0.1) is 12.8 Å². The molecule has 2 heterocycles. The van der Waals surface area contributed by atoms with Crippen molar-refractivity contribution in [1.82, 2.24) is 4.98 Å². The summed E-state index contributed by atoms with van der Waals surface area (Å²) in [4.78, 5) is 15.9. The molecule has 1 aromatic rings. The summed E-state index contributed by atoms with van der Waals surface area (Å²) in [5, 5.41) is 0. The lowest BCUT2D eigenvalue weighted by Crippen LogP contribution is -2.23. The minimum Gasteiger partial charge on any atom is -0.459 e. The van der Waals surface area contributed by atoms with Crippen LogP contribution in [0.15, 0.2) is 24.6 Å². The average Bonchev–Trinajstić information content (AvgIpc) is 2.16. The summed E-state index contributed by atoms with van der Waals surface area (Å²) in [5.41, 5.74) is 1.43. The zero-order valence-electron chi connectivity index (χ0n) is 8.20. The highest BCUT2D eigenvalue weighted by Gasteiger charge is 2.28. The first kappa shape index (κ1) is 8.94. The molecule has 2 rings (SSSR count). The Balaban J connectivity index is 2.57. The molecule has 3 nitrogen and oxygen atoms in total. The lowest BCUT2D eigenvalue weighted by atomic mass is 9.95. The van der Waals surface area contributed by atoms with Crippen molar-refractivity contribution in [3.63, 3.8) is 0 Å². The van der Waals surface area contributed by atoms with Gasteiger partial charge in [0, 0.05) is 5.69 Å². The van der Waals surface area contributed by atoms with E-state index < -0.39 is 0 Å². The van der Waals surface area contributed by atoms with Crippen molar-refractivity contribution in [3.8, 4) is 5.75 Å². The maximum atomic E-state index is 11.8. The number of carbonyl (C=O) groups excluding carboxylic acids is 1. The second kappa shape index (κ2) is 2.94. The van der Waals surface area contributed by atoms with Crippen LogP contribution < -0.4 is 4.74 Å². The minimum absolute atomic E-state index is 0.0572. The summed E-state index contributed by atoms with van der Waals surface area (Å²) >= 11 is 0. The van der Waals surface area contributed by atoms with E-state index in [-0.39, 0.29) is 11.7 Å². The summed E-state index contributed by atoms with van der Waals surface area (Å²) in [6.07, 6.45) is 1.57. The average molecular weight is 189 g/mol. The molecule has 3 heteroatoms. The highest BCUT2D eigenvalue weighted by atomic mass is 16.5. The number of aryl methyl sites for hydroxylation is 1. The van der Waals surface area contributed by atoms with E-state index in [0.717, 1.165) is 5.69 Å². The van der Waals surface area contributed by atoms with Crippen LogP contribution >= 0.6 is 0 Å². The van der Waals surface area contributed by atoms with Crippen molar-refractivity contribution in [1.29, 1.82) is 0 Å². The third kappa shape index (κ3) is 1.21. The lowest BCUT2D eigenvalue weighted by molar-refractivity contribution is 0.0904. The van der Waals surface area contributed by atoms with Crippen LogP contribution in [0.3, 0.4) is 0 Å². The number of Topliss-reactive ketones (excluding diaryl/α,β-unsaturated/α-hetero) is 1. The molecule has 0 N–H and O–H groups in total. The van der Waals surface area contributed by atoms with Gasteiger partial charge >= 0.3 is 0 Å². The molecule has 0 aromatic carbocycles. The van der Waals surface area contributed by atoms with Crippen LogP contribution in [0.4, 0.5) is 0 Å². The third-order valence-electron chi connectivity index (χ3n) is 2.39. The Morgan fingerprint density at radius 2 is 2.29 bits per heavy atom. The van der Waals surface area contributed by atoms with Crippen LogP contribution in [0.5, 0.6) is 5.75 Å². The van der Waals surface area contributed by atoms with E-state index in [1.54, 1.807) is 19.2 Å². The molecule has 0 saturated heterocycles. The molecule has 1 aliphatic heterocycles. The zero-order chi connectivity index (χ0) is 10.3. The molecular formula is C11H11NO2. The second-order valence-corrected chi connectivity index (χ2v) is 3.48. The van der Waals surface area contributed by atoms with E-state index in [4.69, 9.17) is 4.74 Å². The number of nitrogens with zero attached hydrogens (tertiary/aromatic N) is 1. The van der Waals surface area contributed by atoms with Crippen LogP contribution in [0.2, 0.25) is 0 Å². The Bertz CT molecular complexity index is 423. The molecule has 0 saturated carbocycles. The predicted molar refractivity (Wildman–Crippen MR) is 52.2 cm³/mol. The standard InChI is InChI=1S/C11H11NO2/c1-6-4-9-10(5-12-6)14-8(3)7(2)11(9)13/h4-5,7H,3H2,1-2H3. The van der Waals surface area contributed by atoms with E-state index in [1.165, 1.54) is 0 Å². The maximum Gasteiger partial charge on any atom is 0.177 e. The molecule has 0 fully saturated rings. The van der Waals surface area contributed by atoms with Gasteiger partial charge in [-0.25, -0.2) is 0 Å². The van der Waals surface area contributed by atoms with Gasteiger partial charge in [0.1, 0.15) is 5.76 Å². The molecule has 0 aliphatic carbocycles. The number of carbonyl (C=O) groups is 1. The van der Waals surface area contributed by atoms with Gasteiger partial charge in [-0.05, 0) is 19.9 Å². The quantitative estimate of drug-likeness (QED) is 0.627. The minimum atomic E-state index is -0.260. The van der Waals surface area contributed by atoms with Crippen LogP contribution in [-0.4, -0.2) is 10.8 Å². The van der Waals surface area contributed by atoms with Gasteiger partial charge in [-0.15, -0.1) is 0 Å². The number of hydrogen-bond acceptors (Lipinski definition) is 3. The summed E-state index contributed by atoms with van der Waals surface area (Å²) in [5.74, 6) is 0.808. The molecule has 14 heavy (non-hydrogen) atoms. The summed E-state index contributed by atoms with van der Waals surface area (Å²) in [6, 6.07) is 1.75. The number of ether oxygens (including phenoxy) is 1. The predicted octanol–water partition coefficient (Wildman–Crippen LogP) is 2.11. The SMILES string of the molecule is C=C1Oc2cnc(C)cc2C(=O)C1C. The molecule has 1 atom stereocenters. The van der Waals surface area contributed by atoms with Gasteiger partial charge in [0.2, 0.25) is 0 Å². The Hall–Kier alpha value is -1.64. The van der Waals surface area contributed by atoms with Crippen molar-refractivity contribution in [2.75, 3.05) is 0 Å². The number of pyridine rings is 1. The Kier molecular flexibility index (Phi) is 1.88. The van der Waals surface area contributed by atoms with Crippen LogP contribution in [0.1, 0.15) is 23.0 Å². The topological polar surface area (TPSA) is 39.2 Å². The van der Waals surface area contributed by atoms with Gasteiger partial charge < -0.3 is 4.74 Å². The van der Waals surface area contributed by atoms with Crippen molar-refractivity contribution in [2.24, 2.45) is 5.92 Å². The van der Waals surface area contributed by atoms with Gasteiger partial charge in [-0.1, -0.05) is 6.58 Å². The van der Waals surface area contributed by atoms with Gasteiger partial charge in [0.05, 0.1) is 17.7 Å². The molecule has 0 radical (unpaired) electrons. The largest absolute Gasteiger partial charge is 0.459 e. The number of fused-ring (bicyclic) bond motifs is 1. The van der Waals surface area contributed by atoms with Crippen LogP contribution in [0.25, 0.3) is 0 Å². The van der Waals surface area contributed by atoms with E-state index in [0.29, 0.717) is 17.1 Å². The van der Waals surface area contributed by atoms with Crippen molar-refractivity contribution < 1.29 is 9.53 Å². The van der Waals surface area contributed by atoms with E-state index >= 15 is 0 Å². The maximum absolute atomic E-state index is 11.8. The molecule has 1 aliphatic rings. The summed E-state index contributed by atoms with van der Waals surface area (Å²) in [6.45, 7) is 7.34. The number of ketones is 1. The van der Waals surface area contributed by atoms with Gasteiger partial charge in [-0.3, -0.25) is 9.78 Å². The molecule has 1 aromatic heterocycles. The third-order valence-corrected chi connectivity index (χ3v) is 2.39. The number of aromatic nitrogens is 1. The normalized spacial score (nSPS) is 20.3.